The van der Waals surface area contributed by atoms with Crippen molar-refractivity contribution in [2.24, 2.45) is 5.92 Å². The number of benzene rings is 1. The van der Waals surface area contributed by atoms with Crippen molar-refractivity contribution in [3.8, 4) is 0 Å². The molecule has 1 heterocycles. The van der Waals surface area contributed by atoms with Crippen molar-refractivity contribution in [2.75, 3.05) is 26.2 Å². The second-order valence-electron chi connectivity index (χ2n) is 9.49. The van der Waals surface area contributed by atoms with Crippen LogP contribution in [-0.4, -0.2) is 62.4 Å². The lowest BCUT2D eigenvalue weighted by Gasteiger charge is -2.40. The molecule has 3 fully saturated rings. The van der Waals surface area contributed by atoms with Crippen molar-refractivity contribution in [1.29, 1.82) is 0 Å². The Balaban J connectivity index is 1.25. The average molecular weight is 488 g/mol. The maximum Gasteiger partial charge on any atom is 0.416 e. The van der Waals surface area contributed by atoms with Crippen molar-refractivity contribution >= 4 is 15.9 Å². The minimum atomic E-state index is -4.51. The summed E-state index contributed by atoms with van der Waals surface area (Å²) in [5.41, 5.74) is -0.885. The van der Waals surface area contributed by atoms with Crippen LogP contribution in [0.5, 0.6) is 0 Å². The third kappa shape index (κ3) is 5.89. The molecule has 4 rings (SSSR count). The maximum absolute atomic E-state index is 13.0. The van der Waals surface area contributed by atoms with Gasteiger partial charge in [-0.05, 0) is 62.8 Å². The first-order chi connectivity index (χ1) is 15.6. The van der Waals surface area contributed by atoms with E-state index >= 15 is 0 Å². The molecule has 1 aliphatic heterocycles. The molecule has 33 heavy (non-hydrogen) atoms. The zero-order valence-electron chi connectivity index (χ0n) is 18.7. The van der Waals surface area contributed by atoms with Gasteiger partial charge in [-0.15, -0.1) is 0 Å². The predicted octanol–water partition coefficient (Wildman–Crippen LogP) is 3.63. The molecule has 2 aliphatic carbocycles. The quantitative estimate of drug-likeness (QED) is 0.689. The highest BCUT2D eigenvalue weighted by Gasteiger charge is 2.34. The molecule has 3 aliphatic rings. The molecular weight excluding hydrogens is 455 g/mol. The number of hydrogen-bond acceptors (Lipinski definition) is 4. The standard InChI is InChI=1S/C23H32F3N3O3S/c24-23(25,26)18-7-11-21(12-8-18)33(31,32)27-19-9-5-17(6-10-19)22(30)29-15-13-28(14-16-29)20-3-1-2-4-20/h7-8,11-12,17,19-20,27H,1-6,9-10,13-16H2. The molecule has 184 valence electrons. The molecule has 0 bridgehead atoms. The summed E-state index contributed by atoms with van der Waals surface area (Å²) in [6, 6.07) is 3.86. The molecule has 1 aromatic carbocycles. The largest absolute Gasteiger partial charge is 0.416 e. The zero-order valence-corrected chi connectivity index (χ0v) is 19.5. The van der Waals surface area contributed by atoms with E-state index in [-0.39, 0.29) is 22.8 Å². The number of piperazine rings is 1. The molecule has 1 amide bonds. The van der Waals surface area contributed by atoms with Crippen LogP contribution in [0.1, 0.15) is 56.9 Å². The van der Waals surface area contributed by atoms with Crippen LogP contribution in [0.3, 0.4) is 0 Å². The van der Waals surface area contributed by atoms with E-state index in [1.165, 1.54) is 25.7 Å². The Hall–Kier alpha value is -1.65. The summed E-state index contributed by atoms with van der Waals surface area (Å²) in [4.78, 5) is 17.3. The van der Waals surface area contributed by atoms with Gasteiger partial charge in [-0.3, -0.25) is 9.69 Å². The summed E-state index contributed by atoms with van der Waals surface area (Å²) in [5, 5.41) is 0. The van der Waals surface area contributed by atoms with E-state index in [1.807, 2.05) is 4.90 Å². The zero-order chi connectivity index (χ0) is 23.6. The average Bonchev–Trinajstić information content (AvgIpc) is 3.34. The number of nitrogens with one attached hydrogen (secondary N) is 1. The van der Waals surface area contributed by atoms with Crippen molar-refractivity contribution < 1.29 is 26.4 Å². The van der Waals surface area contributed by atoms with E-state index in [9.17, 15) is 26.4 Å². The summed E-state index contributed by atoms with van der Waals surface area (Å²) >= 11 is 0. The van der Waals surface area contributed by atoms with E-state index in [0.717, 1.165) is 50.4 Å². The van der Waals surface area contributed by atoms with E-state index < -0.39 is 21.8 Å². The second kappa shape index (κ2) is 9.92. The van der Waals surface area contributed by atoms with Crippen LogP contribution in [0.15, 0.2) is 29.2 Å². The van der Waals surface area contributed by atoms with Gasteiger partial charge in [0.25, 0.3) is 0 Å². The van der Waals surface area contributed by atoms with Crippen LogP contribution in [0.25, 0.3) is 0 Å². The highest BCUT2D eigenvalue weighted by atomic mass is 32.2. The lowest BCUT2D eigenvalue weighted by Crippen LogP contribution is -2.53. The number of rotatable bonds is 5. The van der Waals surface area contributed by atoms with E-state index in [2.05, 4.69) is 9.62 Å². The molecule has 0 unspecified atom stereocenters. The van der Waals surface area contributed by atoms with Gasteiger partial charge in [0.05, 0.1) is 10.5 Å². The Labute approximate surface area is 193 Å². The van der Waals surface area contributed by atoms with Crippen molar-refractivity contribution in [2.45, 2.75) is 74.5 Å². The minimum Gasteiger partial charge on any atom is -0.340 e. The van der Waals surface area contributed by atoms with Crippen molar-refractivity contribution in [3.05, 3.63) is 29.8 Å². The van der Waals surface area contributed by atoms with Gasteiger partial charge in [-0.1, -0.05) is 12.8 Å². The fourth-order valence-corrected chi connectivity index (χ4v) is 6.71. The Kier molecular flexibility index (Phi) is 7.35. The highest BCUT2D eigenvalue weighted by molar-refractivity contribution is 7.89. The topological polar surface area (TPSA) is 69.7 Å². The summed E-state index contributed by atoms with van der Waals surface area (Å²) in [6.45, 7) is 3.38. The Morgan fingerprint density at radius 2 is 1.45 bits per heavy atom. The Morgan fingerprint density at radius 3 is 2.00 bits per heavy atom. The van der Waals surface area contributed by atoms with Crippen LogP contribution in [0.4, 0.5) is 13.2 Å². The van der Waals surface area contributed by atoms with Gasteiger partial charge in [0.2, 0.25) is 15.9 Å². The highest BCUT2D eigenvalue weighted by Crippen LogP contribution is 2.31. The third-order valence-corrected chi connectivity index (χ3v) is 8.89. The fourth-order valence-electron chi connectivity index (χ4n) is 5.40. The molecule has 0 spiro atoms. The van der Waals surface area contributed by atoms with Gasteiger partial charge in [-0.25, -0.2) is 13.1 Å². The number of halogens is 3. The summed E-state index contributed by atoms with van der Waals surface area (Å²) in [5.74, 6) is 0.0833. The Bertz CT molecular complexity index is 915. The van der Waals surface area contributed by atoms with Gasteiger partial charge in [0.1, 0.15) is 0 Å². The van der Waals surface area contributed by atoms with E-state index in [1.54, 1.807) is 0 Å². The van der Waals surface area contributed by atoms with Crippen LogP contribution in [0.2, 0.25) is 0 Å². The molecule has 0 radical (unpaired) electrons. The number of nitrogens with zero attached hydrogens (tertiary/aromatic N) is 2. The molecule has 1 N–H and O–H groups in total. The number of sulfonamides is 1. The van der Waals surface area contributed by atoms with E-state index in [0.29, 0.717) is 31.7 Å². The van der Waals surface area contributed by atoms with Gasteiger partial charge < -0.3 is 4.90 Å². The fraction of sp³-hybridized carbons (Fsp3) is 0.696. The first-order valence-corrected chi connectivity index (χ1v) is 13.3. The minimum absolute atomic E-state index is 0.0881. The van der Waals surface area contributed by atoms with Crippen LogP contribution in [-0.2, 0) is 21.0 Å². The van der Waals surface area contributed by atoms with Gasteiger partial charge >= 0.3 is 6.18 Å². The summed E-state index contributed by atoms with van der Waals surface area (Å²) in [7, 11) is -3.91. The SMILES string of the molecule is O=C(C1CCC(NS(=O)(=O)c2ccc(C(F)(F)F)cc2)CC1)N1CCN(C2CCCC2)CC1. The number of amides is 1. The monoisotopic (exact) mass is 487 g/mol. The maximum atomic E-state index is 13.0. The molecule has 10 heteroatoms. The van der Waals surface area contributed by atoms with Gasteiger partial charge in [0, 0.05) is 44.2 Å². The van der Waals surface area contributed by atoms with Gasteiger partial charge in [0.15, 0.2) is 0 Å². The first-order valence-electron chi connectivity index (χ1n) is 11.9. The smallest absolute Gasteiger partial charge is 0.340 e. The first kappa shape index (κ1) is 24.5. The summed E-state index contributed by atoms with van der Waals surface area (Å²) in [6.07, 6.45) is 2.93. The molecule has 1 saturated heterocycles. The number of carbonyl (C=O) groups is 1. The molecule has 2 saturated carbocycles. The molecule has 6 nitrogen and oxygen atoms in total. The Morgan fingerprint density at radius 1 is 0.879 bits per heavy atom. The number of carbonyl (C=O) groups excluding carboxylic acids is 1. The van der Waals surface area contributed by atoms with Crippen molar-refractivity contribution in [1.82, 2.24) is 14.5 Å². The van der Waals surface area contributed by atoms with Crippen LogP contribution >= 0.6 is 0 Å². The van der Waals surface area contributed by atoms with E-state index in [4.69, 9.17) is 0 Å². The normalized spacial score (nSPS) is 26.0. The van der Waals surface area contributed by atoms with Gasteiger partial charge in [-0.2, -0.15) is 13.2 Å². The third-order valence-electron chi connectivity index (χ3n) is 7.36. The molecule has 1 aromatic rings. The number of alkyl halides is 3. The van der Waals surface area contributed by atoms with Crippen molar-refractivity contribution in [3.63, 3.8) is 0 Å². The lowest BCUT2D eigenvalue weighted by atomic mass is 9.85. The lowest BCUT2D eigenvalue weighted by molar-refractivity contribution is -0.139. The molecule has 0 aromatic heterocycles. The summed E-state index contributed by atoms with van der Waals surface area (Å²) < 4.78 is 65.9. The molecular formula is C23H32F3N3O3S. The predicted molar refractivity (Wildman–Crippen MR) is 118 cm³/mol. The van der Waals surface area contributed by atoms with Crippen LogP contribution < -0.4 is 4.72 Å². The number of hydrogen-bond donors (Lipinski definition) is 1. The second-order valence-corrected chi connectivity index (χ2v) is 11.2. The van der Waals surface area contributed by atoms with Crippen LogP contribution in [0, 0.1) is 5.92 Å². The molecule has 0 atom stereocenters.